The summed E-state index contributed by atoms with van der Waals surface area (Å²) in [5.41, 5.74) is 1.07. The molecule has 0 unspecified atom stereocenters. The molecule has 0 aliphatic rings. The van der Waals surface area contributed by atoms with E-state index in [-0.39, 0.29) is 0 Å². The lowest BCUT2D eigenvalue weighted by Crippen LogP contribution is -1.62. The van der Waals surface area contributed by atoms with Crippen molar-refractivity contribution in [3.63, 3.8) is 0 Å². The zero-order valence-electron chi connectivity index (χ0n) is 7.04. The summed E-state index contributed by atoms with van der Waals surface area (Å²) in [6.07, 6.45) is 0. The summed E-state index contributed by atoms with van der Waals surface area (Å²) in [4.78, 5) is 4.25. The van der Waals surface area contributed by atoms with Gasteiger partial charge in [0.2, 0.25) is 0 Å². The quantitative estimate of drug-likeness (QED) is 0.680. The van der Waals surface area contributed by atoms with E-state index in [0.29, 0.717) is 0 Å². The molecule has 1 nitrogen and oxygen atoms in total. The second kappa shape index (κ2) is 4.58. The Hall–Kier alpha value is -0.410. The van der Waals surface area contributed by atoms with Gasteiger partial charge in [-0.15, -0.1) is 11.3 Å². The molecular formula is C9H10BrNS. The van der Waals surface area contributed by atoms with E-state index in [1.54, 1.807) is 11.3 Å². The van der Waals surface area contributed by atoms with Gasteiger partial charge in [-0.1, -0.05) is 26.0 Å². The fourth-order valence-corrected chi connectivity index (χ4v) is 2.25. The molecule has 3 heteroatoms. The van der Waals surface area contributed by atoms with E-state index in [9.17, 15) is 0 Å². The van der Waals surface area contributed by atoms with Crippen molar-refractivity contribution in [3.05, 3.63) is 28.2 Å². The number of aromatic nitrogens is 1. The van der Waals surface area contributed by atoms with Crippen LogP contribution < -0.4 is 0 Å². The molecule has 0 N–H and O–H groups in total. The number of hydrogen-bond acceptors (Lipinski definition) is 2. The van der Waals surface area contributed by atoms with Gasteiger partial charge in [-0.05, 0) is 28.1 Å². The van der Waals surface area contributed by atoms with Gasteiger partial charge in [-0.2, -0.15) is 0 Å². The highest BCUT2D eigenvalue weighted by molar-refractivity contribution is 9.11. The third kappa shape index (κ3) is 2.05. The first kappa shape index (κ1) is 9.68. The molecule has 0 radical (unpaired) electrons. The molecule has 1 aromatic carbocycles. The molecule has 2 aromatic rings. The highest BCUT2D eigenvalue weighted by Gasteiger charge is 1.96. The van der Waals surface area contributed by atoms with Crippen molar-refractivity contribution in [2.24, 2.45) is 0 Å². The molecule has 0 aliphatic heterocycles. The van der Waals surface area contributed by atoms with Crippen molar-refractivity contribution in [2.45, 2.75) is 13.8 Å². The fraction of sp³-hybridized carbons (Fsp3) is 0.222. The maximum absolute atomic E-state index is 4.25. The van der Waals surface area contributed by atoms with Gasteiger partial charge in [-0.25, -0.2) is 4.98 Å². The third-order valence-corrected chi connectivity index (χ3v) is 2.76. The van der Waals surface area contributed by atoms with Gasteiger partial charge >= 0.3 is 0 Å². The van der Waals surface area contributed by atoms with Crippen LogP contribution in [0, 0.1) is 0 Å². The van der Waals surface area contributed by atoms with E-state index < -0.39 is 0 Å². The summed E-state index contributed by atoms with van der Waals surface area (Å²) in [5, 5.41) is 0. The average molecular weight is 244 g/mol. The summed E-state index contributed by atoms with van der Waals surface area (Å²) in [7, 11) is 0. The first-order valence-electron chi connectivity index (χ1n) is 3.87. The van der Waals surface area contributed by atoms with E-state index >= 15 is 0 Å². The summed E-state index contributed by atoms with van der Waals surface area (Å²) in [6, 6.07) is 8.09. The normalized spacial score (nSPS) is 9.25. The lowest BCUT2D eigenvalue weighted by molar-refractivity contribution is 1.45. The molecule has 0 fully saturated rings. The van der Waals surface area contributed by atoms with Gasteiger partial charge in [0.25, 0.3) is 0 Å². The smallest absolute Gasteiger partial charge is 0.160 e. The van der Waals surface area contributed by atoms with Gasteiger partial charge in [0.05, 0.1) is 10.2 Å². The Labute approximate surface area is 84.6 Å². The summed E-state index contributed by atoms with van der Waals surface area (Å²) < 4.78 is 2.18. The number of halogens is 1. The van der Waals surface area contributed by atoms with Crippen molar-refractivity contribution < 1.29 is 0 Å². The van der Waals surface area contributed by atoms with Crippen LogP contribution >= 0.6 is 27.3 Å². The van der Waals surface area contributed by atoms with Crippen molar-refractivity contribution in [1.29, 1.82) is 0 Å². The van der Waals surface area contributed by atoms with Gasteiger partial charge in [0, 0.05) is 0 Å². The Balaban J connectivity index is 0.000000336. The number of nitrogens with zero attached hydrogens (tertiary/aromatic N) is 1. The van der Waals surface area contributed by atoms with E-state index in [1.165, 1.54) is 4.70 Å². The standard InChI is InChI=1S/C7H4BrNS.C2H6/c8-7-9-5-3-1-2-4-6(5)10-7;1-2/h1-4H;1-2H3. The molecule has 0 aliphatic carbocycles. The molecule has 12 heavy (non-hydrogen) atoms. The Kier molecular flexibility index (Phi) is 3.69. The Morgan fingerprint density at radius 3 is 2.58 bits per heavy atom. The lowest BCUT2D eigenvalue weighted by atomic mass is 10.3. The number of thiazole rings is 1. The SMILES string of the molecule is Brc1nc2ccccc2s1.CC. The topological polar surface area (TPSA) is 12.9 Å². The molecule has 1 aromatic heterocycles. The van der Waals surface area contributed by atoms with Gasteiger partial charge < -0.3 is 0 Å². The predicted octanol–water partition coefficient (Wildman–Crippen LogP) is 4.09. The highest BCUT2D eigenvalue weighted by atomic mass is 79.9. The maximum atomic E-state index is 4.25. The molecule has 0 amide bonds. The second-order valence-corrected chi connectivity index (χ2v) is 4.24. The Bertz CT molecular complexity index is 323. The summed E-state index contributed by atoms with van der Waals surface area (Å²) in [5.74, 6) is 0. The van der Waals surface area contributed by atoms with E-state index in [4.69, 9.17) is 0 Å². The molecule has 0 atom stereocenters. The Morgan fingerprint density at radius 2 is 1.92 bits per heavy atom. The van der Waals surface area contributed by atoms with Crippen LogP contribution in [0.2, 0.25) is 0 Å². The molecule has 0 saturated carbocycles. The van der Waals surface area contributed by atoms with Gasteiger partial charge in [0.1, 0.15) is 0 Å². The monoisotopic (exact) mass is 243 g/mol. The molecular weight excluding hydrogens is 234 g/mol. The third-order valence-electron chi connectivity index (χ3n) is 1.27. The minimum absolute atomic E-state index is 0.953. The van der Waals surface area contributed by atoms with Crippen LogP contribution in [0.5, 0.6) is 0 Å². The first-order chi connectivity index (χ1) is 5.86. The van der Waals surface area contributed by atoms with Crippen LogP contribution in [0.4, 0.5) is 0 Å². The molecule has 0 saturated heterocycles. The molecule has 0 bridgehead atoms. The first-order valence-corrected chi connectivity index (χ1v) is 5.48. The summed E-state index contributed by atoms with van der Waals surface area (Å²) >= 11 is 4.99. The number of para-hydroxylation sites is 1. The van der Waals surface area contributed by atoms with E-state index in [1.807, 2.05) is 32.0 Å². The fourth-order valence-electron chi connectivity index (χ4n) is 0.844. The van der Waals surface area contributed by atoms with Crippen LogP contribution in [0.15, 0.2) is 28.2 Å². The van der Waals surface area contributed by atoms with Crippen LogP contribution in [-0.4, -0.2) is 4.98 Å². The zero-order valence-corrected chi connectivity index (χ0v) is 9.45. The highest BCUT2D eigenvalue weighted by Crippen LogP contribution is 2.24. The predicted molar refractivity (Wildman–Crippen MR) is 58.7 cm³/mol. The van der Waals surface area contributed by atoms with Gasteiger partial charge in [-0.3, -0.25) is 0 Å². The van der Waals surface area contributed by atoms with Crippen molar-refractivity contribution in [1.82, 2.24) is 4.98 Å². The molecule has 0 spiro atoms. The van der Waals surface area contributed by atoms with E-state index in [0.717, 1.165) is 9.43 Å². The summed E-state index contributed by atoms with van der Waals surface area (Å²) in [6.45, 7) is 4.00. The number of benzene rings is 1. The van der Waals surface area contributed by atoms with E-state index in [2.05, 4.69) is 27.0 Å². The van der Waals surface area contributed by atoms with Crippen LogP contribution in [0.3, 0.4) is 0 Å². The lowest BCUT2D eigenvalue weighted by Gasteiger charge is -1.80. The Morgan fingerprint density at radius 1 is 1.25 bits per heavy atom. The zero-order chi connectivity index (χ0) is 8.97. The average Bonchev–Trinajstić information content (AvgIpc) is 2.48. The number of fused-ring (bicyclic) bond motifs is 1. The van der Waals surface area contributed by atoms with Crippen LogP contribution in [0.25, 0.3) is 10.2 Å². The van der Waals surface area contributed by atoms with Crippen LogP contribution in [-0.2, 0) is 0 Å². The number of rotatable bonds is 0. The molecule has 2 rings (SSSR count). The van der Waals surface area contributed by atoms with Crippen molar-refractivity contribution in [2.75, 3.05) is 0 Å². The van der Waals surface area contributed by atoms with Crippen LogP contribution in [0.1, 0.15) is 13.8 Å². The minimum atomic E-state index is 0.953. The van der Waals surface area contributed by atoms with Crippen molar-refractivity contribution in [3.8, 4) is 0 Å². The number of hydrogen-bond donors (Lipinski definition) is 0. The van der Waals surface area contributed by atoms with Gasteiger partial charge in [0.15, 0.2) is 3.92 Å². The van der Waals surface area contributed by atoms with Crippen molar-refractivity contribution >= 4 is 37.5 Å². The molecule has 1 heterocycles. The maximum Gasteiger partial charge on any atom is 0.160 e. The minimum Gasteiger partial charge on any atom is -0.229 e. The second-order valence-electron chi connectivity index (χ2n) is 1.93. The largest absolute Gasteiger partial charge is 0.229 e. The molecule has 64 valence electrons.